The average Bonchev–Trinajstić information content (AvgIpc) is 3.47. The zero-order valence-corrected chi connectivity index (χ0v) is 37.6. The number of phosphoric acid groups is 1. The highest BCUT2D eigenvalue weighted by molar-refractivity contribution is 7.47. The van der Waals surface area contributed by atoms with Gasteiger partial charge in [-0.3, -0.25) is 18.6 Å². The van der Waals surface area contributed by atoms with Crippen LogP contribution in [0.4, 0.5) is 0 Å². The van der Waals surface area contributed by atoms with E-state index in [0.29, 0.717) is 25.7 Å². The lowest BCUT2D eigenvalue weighted by Crippen LogP contribution is -2.29. The molecular formula is C45H82NO11P. The van der Waals surface area contributed by atoms with Gasteiger partial charge in [-0.05, 0) is 76.3 Å². The fraction of sp³-hybridized carbons (Fsp3) is 0.822. The van der Waals surface area contributed by atoms with Crippen molar-refractivity contribution < 1.29 is 52.2 Å². The van der Waals surface area contributed by atoms with Crippen molar-refractivity contribution in [2.75, 3.05) is 26.4 Å². The van der Waals surface area contributed by atoms with Crippen molar-refractivity contribution in [3.63, 3.8) is 0 Å². The van der Waals surface area contributed by atoms with E-state index in [1.54, 1.807) is 0 Å². The van der Waals surface area contributed by atoms with Gasteiger partial charge in [0.15, 0.2) is 6.10 Å². The predicted octanol–water partition coefficient (Wildman–Crippen LogP) is 10.2. The van der Waals surface area contributed by atoms with Crippen molar-refractivity contribution in [2.24, 2.45) is 5.73 Å². The van der Waals surface area contributed by atoms with Crippen molar-refractivity contribution in [1.82, 2.24) is 0 Å². The maximum Gasteiger partial charge on any atom is 0.472 e. The van der Waals surface area contributed by atoms with Crippen molar-refractivity contribution >= 4 is 19.8 Å². The number of hydrogen-bond acceptors (Lipinski definition) is 11. The summed E-state index contributed by atoms with van der Waals surface area (Å²) >= 11 is 0. The number of unbranched alkanes of at least 4 members (excludes halogenated alkanes) is 16. The minimum Gasteiger partial charge on any atom is -0.466 e. The third kappa shape index (κ3) is 27.7. The Labute approximate surface area is 351 Å². The lowest BCUT2D eigenvalue weighted by molar-refractivity contribution is -0.161. The smallest absolute Gasteiger partial charge is 0.466 e. The molecule has 58 heavy (non-hydrogen) atoms. The molecule has 13 heteroatoms. The van der Waals surface area contributed by atoms with E-state index in [4.69, 9.17) is 28.7 Å². The number of rotatable bonds is 39. The first-order valence-corrected chi connectivity index (χ1v) is 24.2. The number of ether oxygens (including phenoxy) is 2. The quantitative estimate of drug-likeness (QED) is 0.0213. The van der Waals surface area contributed by atoms with Gasteiger partial charge < -0.3 is 34.7 Å². The van der Waals surface area contributed by atoms with E-state index in [1.807, 2.05) is 6.08 Å². The van der Waals surface area contributed by atoms with Gasteiger partial charge >= 0.3 is 19.8 Å². The van der Waals surface area contributed by atoms with Crippen LogP contribution in [0.2, 0.25) is 0 Å². The summed E-state index contributed by atoms with van der Waals surface area (Å²) < 4.78 is 39.0. The Morgan fingerprint density at radius 1 is 0.690 bits per heavy atom. The minimum atomic E-state index is -4.43. The number of aliphatic hydroxyl groups is 2. The summed E-state index contributed by atoms with van der Waals surface area (Å²) in [6.07, 6.45) is 25.1. The molecule has 0 bridgehead atoms. The summed E-state index contributed by atoms with van der Waals surface area (Å²) in [6, 6.07) is 0. The van der Waals surface area contributed by atoms with Crippen molar-refractivity contribution in [1.29, 1.82) is 0 Å². The fourth-order valence-corrected chi connectivity index (χ4v) is 7.48. The fourth-order valence-electron chi connectivity index (χ4n) is 6.72. The number of carbonyl (C=O) groups excluding carboxylic acids is 2. The summed E-state index contributed by atoms with van der Waals surface area (Å²) in [5, 5.41) is 20.5. The van der Waals surface area contributed by atoms with Gasteiger partial charge in [0, 0.05) is 32.2 Å². The lowest BCUT2D eigenvalue weighted by Gasteiger charge is -2.20. The third-order valence-corrected chi connectivity index (χ3v) is 11.5. The molecule has 1 aromatic rings. The Morgan fingerprint density at radius 2 is 1.22 bits per heavy atom. The number of furan rings is 1. The van der Waals surface area contributed by atoms with Gasteiger partial charge in [0.05, 0.1) is 25.4 Å². The van der Waals surface area contributed by atoms with Crippen LogP contribution in [0.3, 0.4) is 0 Å². The first kappa shape index (κ1) is 54.0. The monoisotopic (exact) mass is 844 g/mol. The summed E-state index contributed by atoms with van der Waals surface area (Å²) in [5.41, 5.74) is 7.98. The third-order valence-electron chi connectivity index (χ3n) is 10.6. The summed E-state index contributed by atoms with van der Waals surface area (Å²) in [7, 11) is -4.43. The predicted molar refractivity (Wildman–Crippen MR) is 231 cm³/mol. The molecule has 1 rings (SSSR count). The van der Waals surface area contributed by atoms with E-state index >= 15 is 0 Å². The van der Waals surface area contributed by atoms with Gasteiger partial charge in [0.2, 0.25) is 0 Å². The Bertz CT molecular complexity index is 1270. The van der Waals surface area contributed by atoms with Crippen molar-refractivity contribution in [3.8, 4) is 0 Å². The molecule has 0 aromatic carbocycles. The number of hydrogen-bond donors (Lipinski definition) is 4. The highest BCUT2D eigenvalue weighted by Gasteiger charge is 2.26. The Morgan fingerprint density at radius 3 is 1.83 bits per heavy atom. The summed E-state index contributed by atoms with van der Waals surface area (Å²) in [4.78, 5) is 35.0. The van der Waals surface area contributed by atoms with Gasteiger partial charge in [0.25, 0.3) is 0 Å². The van der Waals surface area contributed by atoms with Crippen LogP contribution in [0.5, 0.6) is 0 Å². The molecule has 0 fully saturated rings. The number of aliphatic hydroxyl groups excluding tert-OH is 2. The van der Waals surface area contributed by atoms with Gasteiger partial charge in [-0.1, -0.05) is 116 Å². The number of nitrogens with two attached hydrogens (primary N) is 1. The molecule has 12 nitrogen and oxygen atoms in total. The first-order valence-electron chi connectivity index (χ1n) is 22.7. The SMILES string of the molecule is CCCCC/C=C\C[C@H](O)[C@@H](O)CCCCCCCC(=O)O[C@H](COC(=O)CCCCCCCCCCc1oc(CCCCC)c(C)c1C)COP(=O)(O)OCCN. The standard InChI is InChI=1S/C45H82NO11P/c1-5-7-9-10-16-22-27-40(47)41(48)28-23-17-15-20-26-32-45(50)56-39(36-55-58(51,52)54-34-33-46)35-53-44(49)31-25-19-14-12-11-13-18-24-30-43-38(4)37(3)42(57-43)29-21-8-6-2/h16,22,39-41,47-48H,5-15,17-21,23-36,46H2,1-4H3,(H,51,52)/b22-16-/t39-,40+,41+/m1/s1. The lowest BCUT2D eigenvalue weighted by atomic mass is 10.0. The van der Waals surface area contributed by atoms with E-state index in [-0.39, 0.29) is 32.6 Å². The van der Waals surface area contributed by atoms with Gasteiger partial charge in [0.1, 0.15) is 18.1 Å². The largest absolute Gasteiger partial charge is 0.472 e. The topological polar surface area (TPSA) is 188 Å². The number of phosphoric ester groups is 1. The summed E-state index contributed by atoms with van der Waals surface area (Å²) in [5.74, 6) is 1.36. The van der Waals surface area contributed by atoms with Crippen molar-refractivity contribution in [2.45, 2.75) is 213 Å². The summed E-state index contributed by atoms with van der Waals surface area (Å²) in [6.45, 7) is 7.79. The van der Waals surface area contributed by atoms with Crippen LogP contribution in [0.1, 0.15) is 191 Å². The van der Waals surface area contributed by atoms with Gasteiger partial charge in [-0.2, -0.15) is 0 Å². The second-order valence-corrected chi connectivity index (χ2v) is 17.3. The van der Waals surface area contributed by atoms with E-state index in [2.05, 4.69) is 33.8 Å². The molecule has 0 aliphatic rings. The second-order valence-electron chi connectivity index (χ2n) is 15.8. The zero-order chi connectivity index (χ0) is 42.9. The van der Waals surface area contributed by atoms with Crippen LogP contribution in [0.25, 0.3) is 0 Å². The van der Waals surface area contributed by atoms with Crippen molar-refractivity contribution in [3.05, 3.63) is 34.8 Å². The van der Waals surface area contributed by atoms with E-state index in [1.165, 1.54) is 56.1 Å². The van der Waals surface area contributed by atoms with E-state index < -0.39 is 44.7 Å². The molecule has 1 aromatic heterocycles. The molecule has 338 valence electrons. The molecule has 0 radical (unpaired) electrons. The highest BCUT2D eigenvalue weighted by Crippen LogP contribution is 2.43. The molecule has 0 amide bonds. The highest BCUT2D eigenvalue weighted by atomic mass is 31.2. The van der Waals surface area contributed by atoms with Crippen LogP contribution >= 0.6 is 7.82 Å². The van der Waals surface area contributed by atoms with E-state index in [0.717, 1.165) is 95.0 Å². The Hall–Kier alpha value is -2.05. The van der Waals surface area contributed by atoms with Gasteiger partial charge in [-0.15, -0.1) is 0 Å². The molecule has 0 aliphatic heterocycles. The van der Waals surface area contributed by atoms with E-state index in [9.17, 15) is 29.3 Å². The molecule has 0 spiro atoms. The van der Waals surface area contributed by atoms with Crippen LogP contribution in [0.15, 0.2) is 16.6 Å². The van der Waals surface area contributed by atoms with Crippen LogP contribution in [0, 0.1) is 13.8 Å². The zero-order valence-electron chi connectivity index (χ0n) is 36.7. The minimum absolute atomic E-state index is 0.0231. The molecular weight excluding hydrogens is 761 g/mol. The molecule has 0 saturated carbocycles. The first-order chi connectivity index (χ1) is 27.9. The molecule has 1 unspecified atom stereocenters. The average molecular weight is 844 g/mol. The number of allylic oxidation sites excluding steroid dienone is 1. The normalized spacial score (nSPS) is 14.4. The number of esters is 2. The molecule has 1 heterocycles. The van der Waals surface area contributed by atoms with Crippen LogP contribution in [-0.4, -0.2) is 71.7 Å². The van der Waals surface area contributed by atoms with Gasteiger partial charge in [-0.25, -0.2) is 4.57 Å². The Balaban J connectivity index is 2.29. The molecule has 0 aliphatic carbocycles. The van der Waals surface area contributed by atoms with Crippen LogP contribution in [-0.2, 0) is 45.5 Å². The molecule has 5 N–H and O–H groups in total. The van der Waals surface area contributed by atoms with Crippen LogP contribution < -0.4 is 5.73 Å². The Kier molecular flexibility index (Phi) is 32.2. The molecule has 0 saturated heterocycles. The number of carbonyl (C=O) groups is 2. The number of aryl methyl sites for hydroxylation is 2. The second kappa shape index (κ2) is 34.6. The molecule has 4 atom stereocenters. The maximum absolute atomic E-state index is 12.6. The maximum atomic E-state index is 12.6.